The van der Waals surface area contributed by atoms with Crippen LogP contribution in [0.15, 0.2) is 67.0 Å². The molecule has 6 nitrogen and oxygen atoms in total. The molecule has 0 bridgehead atoms. The summed E-state index contributed by atoms with van der Waals surface area (Å²) in [6.45, 7) is 0.901. The lowest BCUT2D eigenvalue weighted by Gasteiger charge is -2.06. The van der Waals surface area contributed by atoms with E-state index >= 15 is 0 Å². The van der Waals surface area contributed by atoms with Gasteiger partial charge in [-0.2, -0.15) is 0 Å². The van der Waals surface area contributed by atoms with Crippen LogP contribution in [0.4, 0.5) is 10.2 Å². The molecule has 1 amide bonds. The maximum atomic E-state index is 13.4. The first-order chi connectivity index (χ1) is 12.7. The van der Waals surface area contributed by atoms with Crippen molar-refractivity contribution in [2.75, 3.05) is 18.4 Å². The van der Waals surface area contributed by atoms with E-state index in [4.69, 9.17) is 0 Å². The summed E-state index contributed by atoms with van der Waals surface area (Å²) in [6.07, 6.45) is 6.54. The van der Waals surface area contributed by atoms with E-state index in [-0.39, 0.29) is 11.7 Å². The third kappa shape index (κ3) is 4.76. The minimum absolute atomic E-state index is 0.288. The summed E-state index contributed by atoms with van der Waals surface area (Å²) in [5, 5.41) is 14.0. The maximum absolute atomic E-state index is 13.4. The fourth-order valence-corrected chi connectivity index (χ4v) is 2.26. The predicted octanol–water partition coefficient (Wildman–Crippen LogP) is 2.65. The monoisotopic (exact) mass is 351 g/mol. The third-order valence-corrected chi connectivity index (χ3v) is 3.57. The van der Waals surface area contributed by atoms with Crippen LogP contribution in [0, 0.1) is 5.82 Å². The second kappa shape index (κ2) is 8.57. The number of hydrogen-bond acceptors (Lipinski definition) is 4. The van der Waals surface area contributed by atoms with Crippen LogP contribution in [0.25, 0.3) is 11.9 Å². The Morgan fingerprint density at radius 3 is 2.58 bits per heavy atom. The number of hydrogen-bond donors (Lipinski definition) is 2. The fourth-order valence-electron chi connectivity index (χ4n) is 2.26. The Morgan fingerprint density at radius 2 is 1.85 bits per heavy atom. The topological polar surface area (TPSA) is 71.8 Å². The van der Waals surface area contributed by atoms with E-state index in [1.165, 1.54) is 18.2 Å². The van der Waals surface area contributed by atoms with Gasteiger partial charge in [-0.3, -0.25) is 4.79 Å². The molecule has 132 valence electrons. The Morgan fingerprint density at radius 1 is 1.04 bits per heavy atom. The minimum Gasteiger partial charge on any atom is -0.367 e. The molecule has 2 N–H and O–H groups in total. The Kier molecular flexibility index (Phi) is 5.72. The van der Waals surface area contributed by atoms with Gasteiger partial charge >= 0.3 is 0 Å². The van der Waals surface area contributed by atoms with E-state index < -0.39 is 0 Å². The second-order valence-electron chi connectivity index (χ2n) is 5.44. The number of carbonyl (C=O) groups is 1. The maximum Gasteiger partial charge on any atom is 0.244 e. The van der Waals surface area contributed by atoms with E-state index in [0.29, 0.717) is 24.5 Å². The molecule has 0 fully saturated rings. The number of benzene rings is 1. The molecule has 0 aliphatic carbocycles. The Hall–Kier alpha value is -3.48. The zero-order chi connectivity index (χ0) is 18.2. The summed E-state index contributed by atoms with van der Waals surface area (Å²) in [6, 6.07) is 13.8. The number of anilines is 1. The van der Waals surface area contributed by atoms with Crippen LogP contribution in [-0.4, -0.2) is 33.8 Å². The number of carbonyl (C=O) groups excluding carboxylic acids is 1. The van der Waals surface area contributed by atoms with Crippen LogP contribution < -0.4 is 10.6 Å². The van der Waals surface area contributed by atoms with Gasteiger partial charge in [0.1, 0.15) is 11.6 Å². The number of nitrogens with zero attached hydrogens (tertiary/aromatic N) is 3. The van der Waals surface area contributed by atoms with Crippen molar-refractivity contribution in [3.05, 3.63) is 78.4 Å². The summed E-state index contributed by atoms with van der Waals surface area (Å²) in [4.78, 5) is 11.7. The molecule has 3 aromatic rings. The van der Waals surface area contributed by atoms with Crippen molar-refractivity contribution in [2.45, 2.75) is 0 Å². The molecule has 0 unspecified atom stereocenters. The van der Waals surface area contributed by atoms with Gasteiger partial charge in [0.05, 0.1) is 0 Å². The first-order valence-corrected chi connectivity index (χ1v) is 8.14. The molecule has 26 heavy (non-hydrogen) atoms. The summed E-state index contributed by atoms with van der Waals surface area (Å²) < 4.78 is 15.3. The smallest absolute Gasteiger partial charge is 0.244 e. The highest BCUT2D eigenvalue weighted by Gasteiger charge is 2.00. The van der Waals surface area contributed by atoms with Crippen LogP contribution in [0.1, 0.15) is 5.56 Å². The Labute approximate surface area is 150 Å². The average Bonchev–Trinajstić information content (AvgIpc) is 3.20. The number of aromatic nitrogens is 3. The molecule has 0 aliphatic heterocycles. The molecule has 0 aliphatic rings. The van der Waals surface area contributed by atoms with Gasteiger partial charge in [0.2, 0.25) is 5.91 Å². The fraction of sp³-hybridized carbons (Fsp3) is 0.105. The number of halogens is 1. The van der Waals surface area contributed by atoms with Crippen LogP contribution in [0.3, 0.4) is 0 Å². The van der Waals surface area contributed by atoms with Crippen molar-refractivity contribution in [2.24, 2.45) is 0 Å². The van der Waals surface area contributed by atoms with E-state index in [9.17, 15) is 9.18 Å². The largest absolute Gasteiger partial charge is 0.367 e. The summed E-state index contributed by atoms with van der Waals surface area (Å²) in [5.41, 5.74) is 0.374. The third-order valence-electron chi connectivity index (χ3n) is 3.57. The zero-order valence-electron chi connectivity index (χ0n) is 14.0. The van der Waals surface area contributed by atoms with Gasteiger partial charge in [0.25, 0.3) is 0 Å². The second-order valence-corrected chi connectivity index (χ2v) is 5.44. The van der Waals surface area contributed by atoms with E-state index in [1.54, 1.807) is 18.2 Å². The lowest BCUT2D eigenvalue weighted by Crippen LogP contribution is -2.27. The first kappa shape index (κ1) is 17.3. The van der Waals surface area contributed by atoms with Gasteiger partial charge in [0.15, 0.2) is 5.82 Å². The van der Waals surface area contributed by atoms with Crippen molar-refractivity contribution < 1.29 is 9.18 Å². The van der Waals surface area contributed by atoms with Crippen molar-refractivity contribution in [3.63, 3.8) is 0 Å². The number of rotatable bonds is 7. The van der Waals surface area contributed by atoms with E-state index in [2.05, 4.69) is 20.8 Å². The molecule has 7 heteroatoms. The van der Waals surface area contributed by atoms with Crippen molar-refractivity contribution >= 4 is 17.8 Å². The normalized spacial score (nSPS) is 10.8. The molecule has 2 heterocycles. The van der Waals surface area contributed by atoms with Gasteiger partial charge in [0, 0.05) is 37.1 Å². The standard InChI is InChI=1S/C19H18FN5O/c20-16-6-2-1-5-15(16)7-10-19(26)22-12-11-21-17-8-9-18(24-23-17)25-13-3-4-14-25/h1-10,13-14H,11-12H2,(H,21,23)(H,22,26)/b10-7+. The zero-order valence-corrected chi connectivity index (χ0v) is 14.0. The molecule has 3 rings (SSSR count). The Bertz CT molecular complexity index is 875. The van der Waals surface area contributed by atoms with Gasteiger partial charge in [-0.1, -0.05) is 18.2 Å². The lowest BCUT2D eigenvalue weighted by atomic mass is 10.2. The molecular formula is C19H18FN5O. The highest BCUT2D eigenvalue weighted by molar-refractivity contribution is 5.91. The first-order valence-electron chi connectivity index (χ1n) is 8.14. The summed E-state index contributed by atoms with van der Waals surface area (Å²) in [7, 11) is 0. The van der Waals surface area contributed by atoms with Gasteiger partial charge < -0.3 is 15.2 Å². The molecule has 0 atom stereocenters. The summed E-state index contributed by atoms with van der Waals surface area (Å²) >= 11 is 0. The van der Waals surface area contributed by atoms with E-state index in [1.807, 2.05) is 41.2 Å². The van der Waals surface area contributed by atoms with Crippen LogP contribution in [0.5, 0.6) is 0 Å². The number of nitrogens with one attached hydrogen (secondary N) is 2. The summed E-state index contributed by atoms with van der Waals surface area (Å²) in [5.74, 6) is 0.702. The lowest BCUT2D eigenvalue weighted by molar-refractivity contribution is -0.116. The van der Waals surface area contributed by atoms with Gasteiger partial charge in [-0.15, -0.1) is 10.2 Å². The van der Waals surface area contributed by atoms with Gasteiger partial charge in [-0.25, -0.2) is 4.39 Å². The highest BCUT2D eigenvalue weighted by atomic mass is 19.1. The molecule has 0 saturated carbocycles. The molecule has 0 radical (unpaired) electrons. The quantitative estimate of drug-likeness (QED) is 0.507. The average molecular weight is 351 g/mol. The minimum atomic E-state index is -0.361. The van der Waals surface area contributed by atoms with Crippen molar-refractivity contribution in [3.8, 4) is 5.82 Å². The van der Waals surface area contributed by atoms with Crippen LogP contribution in [0.2, 0.25) is 0 Å². The Balaban J connectivity index is 1.41. The van der Waals surface area contributed by atoms with Crippen molar-refractivity contribution in [1.29, 1.82) is 0 Å². The molecule has 1 aromatic carbocycles. The molecule has 0 spiro atoms. The number of amides is 1. The molecular weight excluding hydrogens is 333 g/mol. The predicted molar refractivity (Wildman–Crippen MR) is 98.3 cm³/mol. The molecule has 0 saturated heterocycles. The van der Waals surface area contributed by atoms with Crippen LogP contribution >= 0.6 is 0 Å². The van der Waals surface area contributed by atoms with E-state index in [0.717, 1.165) is 5.82 Å². The SMILES string of the molecule is O=C(/C=C/c1ccccc1F)NCCNc1ccc(-n2cccc2)nn1. The van der Waals surface area contributed by atoms with Gasteiger partial charge in [-0.05, 0) is 36.4 Å². The van der Waals surface area contributed by atoms with Crippen LogP contribution in [-0.2, 0) is 4.79 Å². The van der Waals surface area contributed by atoms with Crippen molar-refractivity contribution in [1.82, 2.24) is 20.1 Å². The molecule has 2 aromatic heterocycles. The highest BCUT2D eigenvalue weighted by Crippen LogP contribution is 2.08.